The summed E-state index contributed by atoms with van der Waals surface area (Å²) in [5.74, 6) is 0. The van der Waals surface area contributed by atoms with E-state index in [4.69, 9.17) is 0 Å². The molecule has 3 aromatic carbocycles. The van der Waals surface area contributed by atoms with Gasteiger partial charge in [-0.05, 0) is 30.0 Å². The van der Waals surface area contributed by atoms with Crippen LogP contribution in [0.15, 0.2) is 66.7 Å². The van der Waals surface area contributed by atoms with Gasteiger partial charge in [0, 0.05) is 0 Å². The summed E-state index contributed by atoms with van der Waals surface area (Å²) in [6, 6.07) is 19.1. The van der Waals surface area contributed by atoms with Gasteiger partial charge < -0.3 is 10.6 Å². The fraction of sp³-hybridized carbons (Fsp3) is 0.105. The van der Waals surface area contributed by atoms with E-state index in [9.17, 15) is 14.9 Å². The Morgan fingerprint density at radius 1 is 1.00 bits per heavy atom. The van der Waals surface area contributed by atoms with E-state index >= 15 is 0 Å². The first kappa shape index (κ1) is 16.4. The van der Waals surface area contributed by atoms with E-state index in [-0.39, 0.29) is 17.4 Å². The van der Waals surface area contributed by atoms with Gasteiger partial charge in [-0.15, -0.1) is 0 Å². The number of nitro benzene ring substituents is 1. The zero-order valence-electron chi connectivity index (χ0n) is 13.6. The average molecular weight is 335 g/mol. The van der Waals surface area contributed by atoms with Crippen molar-refractivity contribution in [2.45, 2.75) is 13.0 Å². The zero-order chi connectivity index (χ0) is 17.8. The molecular weight excluding hydrogens is 318 g/mol. The smallest absolute Gasteiger partial charge is 0.319 e. The molecule has 3 aromatic rings. The molecule has 126 valence electrons. The number of nitrogens with one attached hydrogen (secondary N) is 2. The van der Waals surface area contributed by atoms with Crippen LogP contribution in [0.4, 0.5) is 16.2 Å². The first-order valence-corrected chi connectivity index (χ1v) is 7.85. The molecule has 0 aliphatic rings. The maximum absolute atomic E-state index is 12.3. The van der Waals surface area contributed by atoms with Crippen molar-refractivity contribution in [1.82, 2.24) is 5.32 Å². The number of rotatable bonds is 4. The number of nitrogens with zero attached hydrogens (tertiary/aromatic N) is 1. The Balaban J connectivity index is 1.84. The maximum atomic E-state index is 12.3. The van der Waals surface area contributed by atoms with E-state index in [2.05, 4.69) is 10.6 Å². The van der Waals surface area contributed by atoms with Gasteiger partial charge in [0.15, 0.2) is 0 Å². The van der Waals surface area contributed by atoms with Crippen LogP contribution in [-0.4, -0.2) is 11.0 Å². The number of nitro groups is 1. The highest BCUT2D eigenvalue weighted by molar-refractivity contribution is 6.01. The number of hydrogen-bond donors (Lipinski definition) is 2. The molecule has 0 spiro atoms. The van der Waals surface area contributed by atoms with Gasteiger partial charge in [-0.3, -0.25) is 10.1 Å². The molecule has 3 rings (SSSR count). The second-order valence-electron chi connectivity index (χ2n) is 5.67. The summed E-state index contributed by atoms with van der Waals surface area (Å²) in [4.78, 5) is 23.3. The van der Waals surface area contributed by atoms with E-state index < -0.39 is 11.0 Å². The number of anilines is 1. The number of fused-ring (bicyclic) bond motifs is 1. The highest BCUT2D eigenvalue weighted by Crippen LogP contribution is 2.33. The number of amides is 2. The minimum absolute atomic E-state index is 0.111. The number of carbonyl (C=O) groups is 1. The standard InChI is InChI=1S/C19H17N3O3/c1-13(14-7-3-2-4-8-14)20-19(23)21-17-12-11-15-9-5-6-10-16(15)18(17)22(24)25/h2-13H,1H3,(H2,20,21,23)/t13-/m1/s1. The van der Waals surface area contributed by atoms with E-state index in [0.717, 1.165) is 10.9 Å². The van der Waals surface area contributed by atoms with Crippen LogP contribution in [0.25, 0.3) is 10.8 Å². The quantitative estimate of drug-likeness (QED) is 0.538. The molecular formula is C19H17N3O3. The molecule has 0 saturated heterocycles. The molecule has 0 bridgehead atoms. The lowest BCUT2D eigenvalue weighted by molar-refractivity contribution is -0.382. The number of benzene rings is 3. The lowest BCUT2D eigenvalue weighted by Gasteiger charge is -2.15. The first-order valence-electron chi connectivity index (χ1n) is 7.85. The minimum Gasteiger partial charge on any atom is -0.331 e. The largest absolute Gasteiger partial charge is 0.331 e. The maximum Gasteiger partial charge on any atom is 0.319 e. The number of urea groups is 1. The Hall–Kier alpha value is -3.41. The summed E-state index contributed by atoms with van der Waals surface area (Å²) < 4.78 is 0. The predicted molar refractivity (Wildman–Crippen MR) is 97.6 cm³/mol. The Bertz CT molecular complexity index is 926. The van der Waals surface area contributed by atoms with E-state index in [1.165, 1.54) is 0 Å². The van der Waals surface area contributed by atoms with Gasteiger partial charge in [-0.2, -0.15) is 0 Å². The molecule has 0 aliphatic carbocycles. The third-order valence-corrected chi connectivity index (χ3v) is 3.98. The van der Waals surface area contributed by atoms with E-state index in [0.29, 0.717) is 5.39 Å². The van der Waals surface area contributed by atoms with Gasteiger partial charge in [0.2, 0.25) is 0 Å². The Morgan fingerprint density at radius 2 is 1.68 bits per heavy atom. The van der Waals surface area contributed by atoms with Crippen LogP contribution < -0.4 is 10.6 Å². The molecule has 1 atom stereocenters. The first-order chi connectivity index (χ1) is 12.1. The summed E-state index contributed by atoms with van der Waals surface area (Å²) >= 11 is 0. The molecule has 0 saturated carbocycles. The Morgan fingerprint density at radius 3 is 2.40 bits per heavy atom. The van der Waals surface area contributed by atoms with Gasteiger partial charge in [0.1, 0.15) is 5.69 Å². The molecule has 0 fully saturated rings. The van der Waals surface area contributed by atoms with Crippen LogP contribution >= 0.6 is 0 Å². The minimum atomic E-state index is -0.491. The molecule has 2 N–H and O–H groups in total. The van der Waals surface area contributed by atoms with Crippen LogP contribution in [0.5, 0.6) is 0 Å². The second kappa shape index (κ2) is 7.00. The van der Waals surface area contributed by atoms with Crippen molar-refractivity contribution in [1.29, 1.82) is 0 Å². The molecule has 2 amide bonds. The predicted octanol–water partition coefficient (Wildman–Crippen LogP) is 4.63. The van der Waals surface area contributed by atoms with E-state index in [1.54, 1.807) is 30.3 Å². The Labute approximate surface area is 144 Å². The van der Waals surface area contributed by atoms with Crippen molar-refractivity contribution in [2.24, 2.45) is 0 Å². The molecule has 0 unspecified atom stereocenters. The normalized spacial score (nSPS) is 11.7. The molecule has 0 radical (unpaired) electrons. The second-order valence-corrected chi connectivity index (χ2v) is 5.67. The lowest BCUT2D eigenvalue weighted by atomic mass is 10.1. The van der Waals surface area contributed by atoms with Crippen LogP contribution in [-0.2, 0) is 0 Å². The van der Waals surface area contributed by atoms with Gasteiger partial charge >= 0.3 is 11.7 Å². The van der Waals surface area contributed by atoms with Crippen LogP contribution in [0.3, 0.4) is 0 Å². The average Bonchev–Trinajstić information content (AvgIpc) is 2.61. The van der Waals surface area contributed by atoms with E-state index in [1.807, 2.05) is 43.3 Å². The zero-order valence-corrected chi connectivity index (χ0v) is 13.6. The van der Waals surface area contributed by atoms with Crippen LogP contribution in [0.1, 0.15) is 18.5 Å². The summed E-state index contributed by atoms with van der Waals surface area (Å²) in [5.41, 5.74) is 1.01. The molecule has 0 aromatic heterocycles. The third-order valence-electron chi connectivity index (χ3n) is 3.98. The van der Waals surface area contributed by atoms with Crippen molar-refractivity contribution in [2.75, 3.05) is 5.32 Å². The lowest BCUT2D eigenvalue weighted by Crippen LogP contribution is -2.31. The van der Waals surface area contributed by atoms with Crippen LogP contribution in [0.2, 0.25) is 0 Å². The summed E-state index contributed by atoms with van der Waals surface area (Å²) in [7, 11) is 0. The summed E-state index contributed by atoms with van der Waals surface area (Å²) in [5, 5.41) is 18.1. The van der Waals surface area contributed by atoms with Gasteiger partial charge in [-0.1, -0.05) is 54.6 Å². The van der Waals surface area contributed by atoms with Crippen molar-refractivity contribution in [3.8, 4) is 0 Å². The van der Waals surface area contributed by atoms with Crippen molar-refractivity contribution >= 4 is 28.2 Å². The number of hydrogen-bond acceptors (Lipinski definition) is 3. The topological polar surface area (TPSA) is 84.3 Å². The molecule has 6 nitrogen and oxygen atoms in total. The molecule has 0 aliphatic heterocycles. The number of carbonyl (C=O) groups excluding carboxylic acids is 1. The van der Waals surface area contributed by atoms with Gasteiger partial charge in [-0.25, -0.2) is 4.79 Å². The SMILES string of the molecule is C[C@@H](NC(=O)Nc1ccc2ccccc2c1[N+](=O)[O-])c1ccccc1. The van der Waals surface area contributed by atoms with Crippen molar-refractivity contribution < 1.29 is 9.72 Å². The third kappa shape index (κ3) is 3.58. The molecule has 6 heteroatoms. The fourth-order valence-electron chi connectivity index (χ4n) is 2.73. The molecule has 25 heavy (non-hydrogen) atoms. The highest BCUT2D eigenvalue weighted by Gasteiger charge is 2.20. The van der Waals surface area contributed by atoms with Crippen molar-refractivity contribution in [3.05, 3.63) is 82.4 Å². The van der Waals surface area contributed by atoms with Crippen molar-refractivity contribution in [3.63, 3.8) is 0 Å². The highest BCUT2D eigenvalue weighted by atomic mass is 16.6. The fourth-order valence-corrected chi connectivity index (χ4v) is 2.73. The summed E-state index contributed by atoms with van der Waals surface area (Å²) in [6.07, 6.45) is 0. The Kier molecular flexibility index (Phi) is 4.61. The summed E-state index contributed by atoms with van der Waals surface area (Å²) in [6.45, 7) is 1.85. The van der Waals surface area contributed by atoms with Crippen LogP contribution in [0, 0.1) is 10.1 Å². The monoisotopic (exact) mass is 335 g/mol. The van der Waals surface area contributed by atoms with Gasteiger partial charge in [0.25, 0.3) is 0 Å². The van der Waals surface area contributed by atoms with Gasteiger partial charge in [0.05, 0.1) is 16.4 Å². The molecule has 0 heterocycles.